The zero-order chi connectivity index (χ0) is 10.4. The summed E-state index contributed by atoms with van der Waals surface area (Å²) in [5.74, 6) is 0. The second-order valence-corrected chi connectivity index (χ2v) is 4.82. The Morgan fingerprint density at radius 3 is 2.71 bits per heavy atom. The van der Waals surface area contributed by atoms with Gasteiger partial charge < -0.3 is 10.6 Å². The average molecular weight is 198 g/mol. The van der Waals surface area contributed by atoms with Crippen LogP contribution in [0.1, 0.15) is 46.5 Å². The van der Waals surface area contributed by atoms with Gasteiger partial charge in [-0.1, -0.05) is 13.8 Å². The van der Waals surface area contributed by atoms with Gasteiger partial charge in [-0.25, -0.2) is 0 Å². The maximum Gasteiger partial charge on any atom is 0.00363 e. The van der Waals surface area contributed by atoms with Crippen LogP contribution in [0.4, 0.5) is 0 Å². The minimum atomic E-state index is 0.529. The molecule has 2 N–H and O–H groups in total. The Bertz CT molecular complexity index is 150. The molecule has 1 heterocycles. The molecule has 2 unspecified atom stereocenters. The molecule has 0 aromatic carbocycles. The van der Waals surface area contributed by atoms with E-state index in [1.807, 2.05) is 0 Å². The zero-order valence-corrected chi connectivity index (χ0v) is 10.0. The lowest BCUT2D eigenvalue weighted by atomic mass is 9.78. The summed E-state index contributed by atoms with van der Waals surface area (Å²) in [4.78, 5) is 0. The number of rotatable bonds is 5. The van der Waals surface area contributed by atoms with Crippen LogP contribution in [0, 0.1) is 5.41 Å². The molecule has 0 bridgehead atoms. The Labute approximate surface area is 88.8 Å². The second kappa shape index (κ2) is 5.72. The van der Waals surface area contributed by atoms with Crippen LogP contribution in [0.15, 0.2) is 0 Å². The van der Waals surface area contributed by atoms with Gasteiger partial charge in [-0.3, -0.25) is 0 Å². The molecule has 0 aromatic rings. The number of hydrogen-bond acceptors (Lipinski definition) is 2. The van der Waals surface area contributed by atoms with E-state index in [0.717, 1.165) is 0 Å². The topological polar surface area (TPSA) is 24.1 Å². The van der Waals surface area contributed by atoms with Gasteiger partial charge in [0, 0.05) is 19.1 Å². The molecule has 0 aliphatic carbocycles. The fraction of sp³-hybridized carbons (Fsp3) is 1.00. The maximum absolute atomic E-state index is 3.65. The van der Waals surface area contributed by atoms with Crippen molar-refractivity contribution in [1.82, 2.24) is 10.6 Å². The smallest absolute Gasteiger partial charge is 0.00363 e. The Balaban J connectivity index is 2.36. The lowest BCUT2D eigenvalue weighted by molar-refractivity contribution is 0.186. The molecule has 0 saturated carbocycles. The minimum Gasteiger partial charge on any atom is -0.316 e. The second-order valence-electron chi connectivity index (χ2n) is 4.82. The highest BCUT2D eigenvalue weighted by Gasteiger charge is 2.29. The van der Waals surface area contributed by atoms with Gasteiger partial charge in [-0.15, -0.1) is 0 Å². The van der Waals surface area contributed by atoms with E-state index in [1.165, 1.54) is 45.3 Å². The van der Waals surface area contributed by atoms with Crippen LogP contribution >= 0.6 is 0 Å². The fourth-order valence-electron chi connectivity index (χ4n) is 2.14. The Morgan fingerprint density at radius 2 is 2.21 bits per heavy atom. The Hall–Kier alpha value is -0.0800. The van der Waals surface area contributed by atoms with Gasteiger partial charge in [0.1, 0.15) is 0 Å². The van der Waals surface area contributed by atoms with Crippen LogP contribution < -0.4 is 10.6 Å². The molecule has 1 aliphatic rings. The van der Waals surface area contributed by atoms with Gasteiger partial charge >= 0.3 is 0 Å². The molecular weight excluding hydrogens is 172 g/mol. The monoisotopic (exact) mass is 198 g/mol. The predicted molar refractivity (Wildman–Crippen MR) is 62.6 cm³/mol. The molecule has 0 spiro atoms. The first-order valence-electron chi connectivity index (χ1n) is 6.16. The number of nitrogens with one attached hydrogen (secondary N) is 2. The third-order valence-electron chi connectivity index (χ3n) is 3.75. The van der Waals surface area contributed by atoms with Crippen LogP contribution in [0.25, 0.3) is 0 Å². The SMILES string of the molecule is CCC(C)NCC1(CC)CCCNC1. The lowest BCUT2D eigenvalue weighted by Gasteiger charge is -2.38. The van der Waals surface area contributed by atoms with Crippen molar-refractivity contribution in [2.75, 3.05) is 19.6 Å². The third kappa shape index (κ3) is 3.25. The molecule has 1 aliphatic heterocycles. The quantitative estimate of drug-likeness (QED) is 0.707. The molecule has 2 nitrogen and oxygen atoms in total. The van der Waals surface area contributed by atoms with Gasteiger partial charge in [0.05, 0.1) is 0 Å². The lowest BCUT2D eigenvalue weighted by Crippen LogP contribution is -2.47. The summed E-state index contributed by atoms with van der Waals surface area (Å²) in [5.41, 5.74) is 0.529. The van der Waals surface area contributed by atoms with E-state index >= 15 is 0 Å². The highest BCUT2D eigenvalue weighted by Crippen LogP contribution is 2.29. The van der Waals surface area contributed by atoms with Gasteiger partial charge in [-0.05, 0) is 44.6 Å². The molecule has 14 heavy (non-hydrogen) atoms. The molecule has 1 rings (SSSR count). The maximum atomic E-state index is 3.65. The average Bonchev–Trinajstić information content (AvgIpc) is 2.27. The van der Waals surface area contributed by atoms with Gasteiger partial charge in [0.15, 0.2) is 0 Å². The number of piperidine rings is 1. The van der Waals surface area contributed by atoms with E-state index < -0.39 is 0 Å². The first kappa shape index (κ1) is 12.0. The zero-order valence-electron chi connectivity index (χ0n) is 10.0. The van der Waals surface area contributed by atoms with Crippen molar-refractivity contribution in [3.63, 3.8) is 0 Å². The molecule has 0 aromatic heterocycles. The summed E-state index contributed by atoms with van der Waals surface area (Å²) in [6, 6.07) is 0.667. The van der Waals surface area contributed by atoms with Crippen molar-refractivity contribution < 1.29 is 0 Å². The van der Waals surface area contributed by atoms with Crippen LogP contribution in [0.2, 0.25) is 0 Å². The van der Waals surface area contributed by atoms with Gasteiger partial charge in [0.2, 0.25) is 0 Å². The Kier molecular flexibility index (Phi) is 4.90. The van der Waals surface area contributed by atoms with E-state index in [2.05, 4.69) is 31.4 Å². The molecule has 2 atom stereocenters. The summed E-state index contributed by atoms with van der Waals surface area (Å²) < 4.78 is 0. The molecule has 1 saturated heterocycles. The van der Waals surface area contributed by atoms with Crippen molar-refractivity contribution >= 4 is 0 Å². The minimum absolute atomic E-state index is 0.529. The van der Waals surface area contributed by atoms with Crippen LogP contribution in [-0.2, 0) is 0 Å². The van der Waals surface area contributed by atoms with Crippen molar-refractivity contribution in [3.05, 3.63) is 0 Å². The van der Waals surface area contributed by atoms with E-state index in [0.29, 0.717) is 11.5 Å². The van der Waals surface area contributed by atoms with E-state index in [9.17, 15) is 0 Å². The molecule has 0 amide bonds. The summed E-state index contributed by atoms with van der Waals surface area (Å²) in [5, 5.41) is 7.18. The van der Waals surface area contributed by atoms with Gasteiger partial charge in [0.25, 0.3) is 0 Å². The van der Waals surface area contributed by atoms with Crippen molar-refractivity contribution in [3.8, 4) is 0 Å². The first-order valence-corrected chi connectivity index (χ1v) is 6.16. The molecule has 0 radical (unpaired) electrons. The third-order valence-corrected chi connectivity index (χ3v) is 3.75. The number of hydrogen-bond donors (Lipinski definition) is 2. The molecular formula is C12H26N2. The van der Waals surface area contributed by atoms with Crippen molar-refractivity contribution in [1.29, 1.82) is 0 Å². The standard InChI is InChI=1S/C12H26N2/c1-4-11(3)14-10-12(5-2)7-6-8-13-9-12/h11,13-14H,4-10H2,1-3H3. The summed E-state index contributed by atoms with van der Waals surface area (Å²) in [6.07, 6.45) is 5.26. The van der Waals surface area contributed by atoms with Crippen LogP contribution in [0.3, 0.4) is 0 Å². The van der Waals surface area contributed by atoms with E-state index in [1.54, 1.807) is 0 Å². The summed E-state index contributed by atoms with van der Waals surface area (Å²) in [6.45, 7) is 10.4. The fourth-order valence-corrected chi connectivity index (χ4v) is 2.14. The summed E-state index contributed by atoms with van der Waals surface area (Å²) in [7, 11) is 0. The molecule has 1 fully saturated rings. The first-order chi connectivity index (χ1) is 6.72. The largest absolute Gasteiger partial charge is 0.316 e. The van der Waals surface area contributed by atoms with Crippen LogP contribution in [-0.4, -0.2) is 25.7 Å². The van der Waals surface area contributed by atoms with E-state index in [4.69, 9.17) is 0 Å². The van der Waals surface area contributed by atoms with Gasteiger partial charge in [-0.2, -0.15) is 0 Å². The van der Waals surface area contributed by atoms with E-state index in [-0.39, 0.29) is 0 Å². The van der Waals surface area contributed by atoms with Crippen molar-refractivity contribution in [2.24, 2.45) is 5.41 Å². The Morgan fingerprint density at radius 1 is 1.43 bits per heavy atom. The normalized spacial score (nSPS) is 30.2. The highest BCUT2D eigenvalue weighted by molar-refractivity contribution is 4.86. The highest BCUT2D eigenvalue weighted by atomic mass is 15.0. The molecule has 2 heteroatoms. The summed E-state index contributed by atoms with van der Waals surface area (Å²) >= 11 is 0. The van der Waals surface area contributed by atoms with Crippen LogP contribution in [0.5, 0.6) is 0 Å². The predicted octanol–water partition coefficient (Wildman–Crippen LogP) is 2.15. The van der Waals surface area contributed by atoms with Crippen molar-refractivity contribution in [2.45, 2.75) is 52.5 Å². The molecule has 84 valence electrons.